The van der Waals surface area contributed by atoms with Gasteiger partial charge in [-0.15, -0.1) is 7.77 Å². The SMILES string of the molecule is CCCCn1cc[n+](C)c1.O=S(=O)(F)[N-]S(=O)(=O)F. The van der Waals surface area contributed by atoms with Crippen LogP contribution in [0.3, 0.4) is 0 Å². The molecule has 1 aromatic rings. The van der Waals surface area contributed by atoms with Crippen LogP contribution in [0.5, 0.6) is 0 Å². The van der Waals surface area contributed by atoms with Crippen LogP contribution in [-0.4, -0.2) is 21.4 Å². The van der Waals surface area contributed by atoms with Crippen LogP contribution in [0.2, 0.25) is 0 Å². The summed E-state index contributed by atoms with van der Waals surface area (Å²) in [5.41, 5.74) is 0. The van der Waals surface area contributed by atoms with Crippen molar-refractivity contribution in [1.82, 2.24) is 4.57 Å². The molecule has 0 saturated carbocycles. The van der Waals surface area contributed by atoms with E-state index in [0.717, 1.165) is 10.7 Å². The van der Waals surface area contributed by atoms with Crippen molar-refractivity contribution < 1.29 is 29.2 Å². The van der Waals surface area contributed by atoms with Crippen molar-refractivity contribution >= 4 is 20.8 Å². The molecule has 19 heavy (non-hydrogen) atoms. The number of aromatic nitrogens is 2. The number of aryl methyl sites for hydroxylation is 2. The molecule has 11 heteroatoms. The number of imidazole rings is 1. The van der Waals surface area contributed by atoms with Crippen LogP contribution >= 0.6 is 0 Å². The van der Waals surface area contributed by atoms with E-state index < -0.39 is 20.8 Å². The summed E-state index contributed by atoms with van der Waals surface area (Å²) in [6.07, 6.45) is 8.82. The summed E-state index contributed by atoms with van der Waals surface area (Å²) >= 11 is 0. The van der Waals surface area contributed by atoms with Gasteiger partial charge in [-0.25, -0.2) is 26.0 Å². The molecule has 0 fully saturated rings. The van der Waals surface area contributed by atoms with Gasteiger partial charge in [-0.3, -0.25) is 0 Å². The fourth-order valence-corrected chi connectivity index (χ4v) is 1.93. The number of nitrogens with zero attached hydrogens (tertiary/aromatic N) is 3. The fraction of sp³-hybridized carbons (Fsp3) is 0.625. The monoisotopic (exact) mass is 319 g/mol. The summed E-state index contributed by atoms with van der Waals surface area (Å²) < 4.78 is 64.3. The summed E-state index contributed by atoms with van der Waals surface area (Å²) in [6.45, 7) is 3.36. The predicted molar refractivity (Wildman–Crippen MR) is 63.9 cm³/mol. The molecule has 1 rings (SSSR count). The van der Waals surface area contributed by atoms with E-state index in [4.69, 9.17) is 0 Å². The molecular formula is C8H15F2N3O4S2. The number of hydrogen-bond acceptors (Lipinski definition) is 4. The molecule has 0 aromatic carbocycles. The van der Waals surface area contributed by atoms with Gasteiger partial charge in [0.15, 0.2) is 0 Å². The maximum atomic E-state index is 11.1. The first kappa shape index (κ1) is 17.9. The molecule has 0 radical (unpaired) electrons. The zero-order valence-electron chi connectivity index (χ0n) is 10.4. The van der Waals surface area contributed by atoms with Gasteiger partial charge in [0.2, 0.25) is 27.1 Å². The van der Waals surface area contributed by atoms with Crippen LogP contribution in [0.15, 0.2) is 18.7 Å². The molecule has 0 unspecified atom stereocenters. The Balaban J connectivity index is 0.000000344. The molecule has 0 saturated heterocycles. The Hall–Kier alpha value is -1.07. The van der Waals surface area contributed by atoms with Crippen molar-refractivity contribution in [3.63, 3.8) is 0 Å². The first-order valence-corrected chi connectivity index (χ1v) is 7.86. The summed E-state index contributed by atoms with van der Waals surface area (Å²) in [4.78, 5) is 0. The van der Waals surface area contributed by atoms with Crippen molar-refractivity contribution in [2.24, 2.45) is 7.05 Å². The zero-order chi connectivity index (χ0) is 15.1. The first-order valence-electron chi connectivity index (χ1n) is 5.18. The van der Waals surface area contributed by atoms with Gasteiger partial charge >= 0.3 is 0 Å². The van der Waals surface area contributed by atoms with E-state index >= 15 is 0 Å². The first-order chi connectivity index (χ1) is 8.53. The van der Waals surface area contributed by atoms with Gasteiger partial charge in [-0.05, 0) is 6.42 Å². The normalized spacial score (nSPS) is 11.8. The van der Waals surface area contributed by atoms with E-state index in [2.05, 4.69) is 34.8 Å². The zero-order valence-corrected chi connectivity index (χ0v) is 12.0. The highest BCUT2D eigenvalue weighted by Gasteiger charge is 2.01. The number of halogens is 2. The second-order valence-corrected chi connectivity index (χ2v) is 5.81. The minimum atomic E-state index is -5.62. The maximum absolute atomic E-state index is 11.1. The number of rotatable bonds is 5. The van der Waals surface area contributed by atoms with Crippen LogP contribution in [0, 0.1) is 0 Å². The highest BCUT2D eigenvalue weighted by atomic mass is 32.3. The van der Waals surface area contributed by atoms with E-state index in [0.29, 0.717) is 0 Å². The molecular weight excluding hydrogens is 304 g/mol. The van der Waals surface area contributed by atoms with Crippen molar-refractivity contribution in [2.75, 3.05) is 0 Å². The Kier molecular flexibility index (Phi) is 7.08. The predicted octanol–water partition coefficient (Wildman–Crippen LogP) is 0.901. The Morgan fingerprint density at radius 1 is 1.21 bits per heavy atom. The van der Waals surface area contributed by atoms with Crippen molar-refractivity contribution in [3.05, 3.63) is 22.8 Å². The minimum absolute atomic E-state index is 1.15. The van der Waals surface area contributed by atoms with Crippen LogP contribution < -0.4 is 4.57 Å². The molecule has 0 aliphatic carbocycles. The average molecular weight is 319 g/mol. The molecule has 7 nitrogen and oxygen atoms in total. The topological polar surface area (TPSA) is 91.2 Å². The molecule has 0 N–H and O–H groups in total. The van der Waals surface area contributed by atoms with Gasteiger partial charge in [-0.2, -0.15) is 0 Å². The van der Waals surface area contributed by atoms with Gasteiger partial charge in [0, 0.05) is 0 Å². The Morgan fingerprint density at radius 3 is 2.00 bits per heavy atom. The second-order valence-electron chi connectivity index (χ2n) is 3.57. The standard InChI is InChI=1S/C8H15N2.F2NO4S2/c1-3-4-5-10-7-6-9(2)8-10;1-8(4,5)3-9(2,6)7/h6-8H,3-5H2,1-2H3;/q+1;-1. The molecule has 0 aliphatic rings. The second kappa shape index (κ2) is 7.50. The molecule has 0 aliphatic heterocycles. The molecule has 0 atom stereocenters. The van der Waals surface area contributed by atoms with Crippen LogP contribution in [0.1, 0.15) is 19.8 Å². The summed E-state index contributed by atoms with van der Waals surface area (Å²) in [5.74, 6) is 0. The van der Waals surface area contributed by atoms with Crippen molar-refractivity contribution in [1.29, 1.82) is 0 Å². The molecule has 112 valence electrons. The summed E-state index contributed by atoms with van der Waals surface area (Å²) in [5, 5.41) is 0. The van der Waals surface area contributed by atoms with Gasteiger partial charge in [0.05, 0.1) is 13.6 Å². The quantitative estimate of drug-likeness (QED) is 0.595. The van der Waals surface area contributed by atoms with Gasteiger partial charge in [0.25, 0.3) is 0 Å². The molecule has 0 amide bonds. The van der Waals surface area contributed by atoms with Crippen LogP contribution in [0.4, 0.5) is 7.77 Å². The van der Waals surface area contributed by atoms with Gasteiger partial charge in [0.1, 0.15) is 12.4 Å². The van der Waals surface area contributed by atoms with Crippen molar-refractivity contribution in [2.45, 2.75) is 26.3 Å². The van der Waals surface area contributed by atoms with E-state index in [1.807, 2.05) is 7.05 Å². The van der Waals surface area contributed by atoms with Gasteiger partial charge < -0.3 is 4.13 Å². The molecule has 0 spiro atoms. The largest absolute Gasteiger partial charge is 0.379 e. The third kappa shape index (κ3) is 11.7. The lowest BCUT2D eigenvalue weighted by molar-refractivity contribution is -0.671. The maximum Gasteiger partial charge on any atom is 0.243 e. The van der Waals surface area contributed by atoms with E-state index in [1.165, 1.54) is 12.8 Å². The van der Waals surface area contributed by atoms with Crippen molar-refractivity contribution in [3.8, 4) is 0 Å². The third-order valence-corrected chi connectivity index (χ3v) is 3.20. The average Bonchev–Trinajstić information content (AvgIpc) is 2.56. The summed E-state index contributed by atoms with van der Waals surface area (Å²) in [7, 11) is -9.20. The van der Waals surface area contributed by atoms with E-state index in [-0.39, 0.29) is 0 Å². The Morgan fingerprint density at radius 2 is 1.74 bits per heavy atom. The number of unbranched alkanes of at least 4 members (excludes halogenated alkanes) is 1. The lowest BCUT2D eigenvalue weighted by Gasteiger charge is -2.03. The lowest BCUT2D eigenvalue weighted by atomic mass is 10.3. The highest BCUT2D eigenvalue weighted by molar-refractivity contribution is 8.07. The fourth-order valence-electron chi connectivity index (χ4n) is 1.08. The Bertz CT molecular complexity index is 553. The molecule has 1 heterocycles. The lowest BCUT2D eigenvalue weighted by Crippen LogP contribution is -2.23. The van der Waals surface area contributed by atoms with E-state index in [1.54, 1.807) is 0 Å². The highest BCUT2D eigenvalue weighted by Crippen LogP contribution is 2.11. The van der Waals surface area contributed by atoms with Crippen LogP contribution in [-0.2, 0) is 34.4 Å². The minimum Gasteiger partial charge on any atom is -0.379 e. The smallest absolute Gasteiger partial charge is 0.243 e. The van der Waals surface area contributed by atoms with E-state index in [9.17, 15) is 24.6 Å². The molecule has 0 bridgehead atoms. The third-order valence-electron chi connectivity index (χ3n) is 1.77. The summed E-state index contributed by atoms with van der Waals surface area (Å²) in [6, 6.07) is 0. The Labute approximate surface area is 111 Å². The molecule has 1 aromatic heterocycles. The van der Waals surface area contributed by atoms with Gasteiger partial charge in [-0.1, -0.05) is 13.3 Å². The number of hydrogen-bond donors (Lipinski definition) is 0. The van der Waals surface area contributed by atoms with Crippen LogP contribution in [0.25, 0.3) is 4.13 Å².